The molecular formula is C13H23N5O. The minimum absolute atomic E-state index is 0.0109. The molecule has 3 aliphatic heterocycles. The van der Waals surface area contributed by atoms with Crippen LogP contribution in [0.5, 0.6) is 0 Å². The van der Waals surface area contributed by atoms with Crippen LogP contribution in [-0.2, 0) is 4.79 Å². The second-order valence-corrected chi connectivity index (χ2v) is 5.80. The number of piperazine rings is 2. The topological polar surface area (TPSA) is 65.2 Å². The van der Waals surface area contributed by atoms with Gasteiger partial charge >= 0.3 is 0 Å². The molecule has 106 valence electrons. The van der Waals surface area contributed by atoms with E-state index in [1.54, 1.807) is 0 Å². The number of rotatable bonds is 1. The van der Waals surface area contributed by atoms with Gasteiger partial charge in [-0.3, -0.25) is 19.6 Å². The molecule has 3 atom stereocenters. The van der Waals surface area contributed by atoms with Gasteiger partial charge in [-0.15, -0.1) is 0 Å². The van der Waals surface area contributed by atoms with Crippen molar-refractivity contribution >= 4 is 12.1 Å². The lowest BCUT2D eigenvalue weighted by atomic mass is 9.98. The summed E-state index contributed by atoms with van der Waals surface area (Å²) in [6.07, 6.45) is 2.88. The summed E-state index contributed by atoms with van der Waals surface area (Å²) in [4.78, 5) is 23.1. The fraction of sp³-hybridized carbons (Fsp3) is 0.846. The molecule has 0 bridgehead atoms. The van der Waals surface area contributed by atoms with Crippen molar-refractivity contribution in [2.24, 2.45) is 10.7 Å². The van der Waals surface area contributed by atoms with Crippen LogP contribution in [0.25, 0.3) is 0 Å². The smallest absolute Gasteiger partial charge is 0.241 e. The van der Waals surface area contributed by atoms with Crippen LogP contribution in [0.1, 0.15) is 6.42 Å². The predicted octanol–water partition coefficient (Wildman–Crippen LogP) is -1.38. The van der Waals surface area contributed by atoms with Gasteiger partial charge in [0.25, 0.3) is 0 Å². The van der Waals surface area contributed by atoms with E-state index in [0.29, 0.717) is 6.04 Å². The molecule has 0 aromatic heterocycles. The van der Waals surface area contributed by atoms with Crippen LogP contribution < -0.4 is 5.73 Å². The lowest BCUT2D eigenvalue weighted by Crippen LogP contribution is -2.66. The second-order valence-electron chi connectivity index (χ2n) is 5.80. The lowest BCUT2D eigenvalue weighted by molar-refractivity contribution is -0.144. The van der Waals surface area contributed by atoms with E-state index in [1.165, 1.54) is 0 Å². The Morgan fingerprint density at radius 2 is 2.00 bits per heavy atom. The number of fused-ring (bicyclic) bond motifs is 1. The van der Waals surface area contributed by atoms with Crippen molar-refractivity contribution < 1.29 is 4.79 Å². The fourth-order valence-corrected chi connectivity index (χ4v) is 3.41. The van der Waals surface area contributed by atoms with Crippen LogP contribution in [0.3, 0.4) is 0 Å². The van der Waals surface area contributed by atoms with E-state index in [9.17, 15) is 4.79 Å². The van der Waals surface area contributed by atoms with Crippen molar-refractivity contribution in [3.05, 3.63) is 0 Å². The molecule has 0 aromatic carbocycles. The molecule has 0 spiro atoms. The molecule has 0 aliphatic carbocycles. The zero-order valence-electron chi connectivity index (χ0n) is 11.5. The number of hydrogen-bond acceptors (Lipinski definition) is 5. The Labute approximate surface area is 114 Å². The molecular weight excluding hydrogens is 242 g/mol. The molecule has 2 fully saturated rings. The number of carbonyl (C=O) groups excluding carboxylic acids is 1. The Morgan fingerprint density at radius 1 is 1.26 bits per heavy atom. The zero-order valence-corrected chi connectivity index (χ0v) is 11.5. The summed E-state index contributed by atoms with van der Waals surface area (Å²) < 4.78 is 0. The lowest BCUT2D eigenvalue weighted by Gasteiger charge is -2.48. The maximum atomic E-state index is 12.3. The molecule has 0 radical (unpaired) electrons. The summed E-state index contributed by atoms with van der Waals surface area (Å²) in [6.45, 7) is 5.51. The van der Waals surface area contributed by atoms with Crippen LogP contribution in [0.2, 0.25) is 0 Å². The molecule has 6 nitrogen and oxygen atoms in total. The third kappa shape index (κ3) is 2.40. The number of amides is 1. The molecule has 2 N–H and O–H groups in total. The number of nitrogens with zero attached hydrogens (tertiary/aromatic N) is 4. The van der Waals surface area contributed by atoms with Gasteiger partial charge in [-0.05, 0) is 6.42 Å². The average Bonchev–Trinajstić information content (AvgIpc) is 2.43. The van der Waals surface area contributed by atoms with Crippen molar-refractivity contribution in [3.63, 3.8) is 0 Å². The van der Waals surface area contributed by atoms with Crippen LogP contribution in [-0.4, -0.2) is 91.3 Å². The number of hydrogen-bond donors (Lipinski definition) is 1. The Hall–Kier alpha value is -0.980. The van der Waals surface area contributed by atoms with E-state index < -0.39 is 0 Å². The van der Waals surface area contributed by atoms with Crippen molar-refractivity contribution in [1.29, 1.82) is 0 Å². The van der Waals surface area contributed by atoms with Crippen LogP contribution in [0.4, 0.5) is 0 Å². The highest BCUT2D eigenvalue weighted by Crippen LogP contribution is 2.20. The Kier molecular flexibility index (Phi) is 3.56. The first-order valence-electron chi connectivity index (χ1n) is 7.15. The van der Waals surface area contributed by atoms with Gasteiger partial charge in [0, 0.05) is 58.6 Å². The quantitative estimate of drug-likeness (QED) is 0.634. The molecule has 1 amide bonds. The Bertz CT molecular complexity index is 385. The Balaban J connectivity index is 1.70. The minimum atomic E-state index is 0.0109. The summed E-state index contributed by atoms with van der Waals surface area (Å²) in [5, 5.41) is 0. The zero-order chi connectivity index (χ0) is 13.4. The SMILES string of the molecule is CN1CCN2CCN(C3CCN=CC3N)CC2C1=O. The first-order valence-corrected chi connectivity index (χ1v) is 7.15. The normalized spacial score (nSPS) is 37.5. The highest BCUT2D eigenvalue weighted by molar-refractivity contribution is 5.82. The first kappa shape index (κ1) is 13.0. The third-order valence-corrected chi connectivity index (χ3v) is 4.65. The molecule has 19 heavy (non-hydrogen) atoms. The number of carbonyl (C=O) groups is 1. The number of aliphatic imine (C=N–C) groups is 1. The molecule has 3 rings (SSSR count). The summed E-state index contributed by atoms with van der Waals surface area (Å²) in [5.41, 5.74) is 6.14. The summed E-state index contributed by atoms with van der Waals surface area (Å²) in [5.74, 6) is 0.258. The molecule has 2 saturated heterocycles. The fourth-order valence-electron chi connectivity index (χ4n) is 3.41. The van der Waals surface area contributed by atoms with Gasteiger partial charge in [0.05, 0.1) is 6.04 Å². The molecule has 3 unspecified atom stereocenters. The van der Waals surface area contributed by atoms with Gasteiger partial charge in [0.2, 0.25) is 5.91 Å². The molecule has 0 aromatic rings. The van der Waals surface area contributed by atoms with E-state index in [1.807, 2.05) is 18.2 Å². The van der Waals surface area contributed by atoms with Gasteiger partial charge < -0.3 is 10.6 Å². The van der Waals surface area contributed by atoms with Crippen LogP contribution in [0.15, 0.2) is 4.99 Å². The van der Waals surface area contributed by atoms with E-state index in [0.717, 1.165) is 45.7 Å². The van der Waals surface area contributed by atoms with Gasteiger partial charge in [-0.2, -0.15) is 0 Å². The van der Waals surface area contributed by atoms with Gasteiger partial charge in [0.15, 0.2) is 0 Å². The predicted molar refractivity (Wildman–Crippen MR) is 74.3 cm³/mol. The minimum Gasteiger partial charge on any atom is -0.343 e. The largest absolute Gasteiger partial charge is 0.343 e. The molecule has 3 heterocycles. The monoisotopic (exact) mass is 265 g/mol. The highest BCUT2D eigenvalue weighted by Gasteiger charge is 2.40. The van der Waals surface area contributed by atoms with E-state index in [4.69, 9.17) is 5.73 Å². The molecule has 6 heteroatoms. The number of likely N-dealkylation sites (N-methyl/N-ethyl adjacent to an activating group) is 1. The van der Waals surface area contributed by atoms with Gasteiger partial charge in [-0.1, -0.05) is 0 Å². The van der Waals surface area contributed by atoms with E-state index in [-0.39, 0.29) is 18.0 Å². The van der Waals surface area contributed by atoms with E-state index >= 15 is 0 Å². The number of nitrogens with two attached hydrogens (primary N) is 1. The highest BCUT2D eigenvalue weighted by atomic mass is 16.2. The van der Waals surface area contributed by atoms with Gasteiger partial charge in [-0.25, -0.2) is 0 Å². The van der Waals surface area contributed by atoms with Crippen LogP contribution >= 0.6 is 0 Å². The van der Waals surface area contributed by atoms with Crippen molar-refractivity contribution in [3.8, 4) is 0 Å². The second kappa shape index (κ2) is 5.19. The molecule has 0 saturated carbocycles. The van der Waals surface area contributed by atoms with Gasteiger partial charge in [0.1, 0.15) is 6.04 Å². The summed E-state index contributed by atoms with van der Waals surface area (Å²) in [6, 6.07) is 0.384. The van der Waals surface area contributed by atoms with Crippen molar-refractivity contribution in [1.82, 2.24) is 14.7 Å². The first-order chi connectivity index (χ1) is 9.16. The van der Waals surface area contributed by atoms with Crippen molar-refractivity contribution in [2.45, 2.75) is 24.5 Å². The maximum absolute atomic E-state index is 12.3. The summed E-state index contributed by atoms with van der Waals surface area (Å²) >= 11 is 0. The maximum Gasteiger partial charge on any atom is 0.241 e. The standard InChI is InChI=1S/C13H23N5O/c1-16-4-5-17-6-7-18(9-12(17)13(16)19)11-2-3-15-8-10(11)14/h8,10-12H,2-7,9,14H2,1H3. The molecule has 3 aliphatic rings. The van der Waals surface area contributed by atoms with Crippen LogP contribution in [0, 0.1) is 0 Å². The third-order valence-electron chi connectivity index (χ3n) is 4.65. The van der Waals surface area contributed by atoms with E-state index in [2.05, 4.69) is 14.8 Å². The average molecular weight is 265 g/mol. The summed E-state index contributed by atoms with van der Waals surface area (Å²) in [7, 11) is 1.90. The Morgan fingerprint density at radius 3 is 2.79 bits per heavy atom. The van der Waals surface area contributed by atoms with Crippen molar-refractivity contribution in [2.75, 3.05) is 46.3 Å².